The van der Waals surface area contributed by atoms with Crippen LogP contribution in [0.15, 0.2) is 18.2 Å². The molecule has 1 aliphatic heterocycles. The van der Waals surface area contributed by atoms with Crippen LogP contribution in [0.1, 0.15) is 24.8 Å². The molecule has 19 heavy (non-hydrogen) atoms. The fraction of sp³-hybridized carbons (Fsp3) is 0.429. The standard InChI is InChI=1S/C14H18N2O3/c1-19-14(18)3-2-8-16-12-6-5-11(15)9-10(12)4-7-13(16)17/h5-6,9H,2-4,7-8,15H2,1H3. The number of hydrogen-bond acceptors (Lipinski definition) is 4. The number of methoxy groups -OCH3 is 1. The average molecular weight is 262 g/mol. The normalized spacial score (nSPS) is 14.2. The van der Waals surface area contributed by atoms with E-state index in [0.717, 1.165) is 17.7 Å². The molecule has 1 aliphatic rings. The highest BCUT2D eigenvalue weighted by Crippen LogP contribution is 2.29. The van der Waals surface area contributed by atoms with Gasteiger partial charge in [-0.05, 0) is 36.6 Å². The molecule has 0 fully saturated rings. The van der Waals surface area contributed by atoms with Gasteiger partial charge in [0, 0.05) is 30.8 Å². The summed E-state index contributed by atoms with van der Waals surface area (Å²) in [4.78, 5) is 24.8. The lowest BCUT2D eigenvalue weighted by Gasteiger charge is -2.29. The van der Waals surface area contributed by atoms with Gasteiger partial charge in [-0.2, -0.15) is 0 Å². The molecule has 0 aromatic heterocycles. The van der Waals surface area contributed by atoms with Crippen molar-refractivity contribution in [3.63, 3.8) is 0 Å². The number of hydrogen-bond donors (Lipinski definition) is 1. The van der Waals surface area contributed by atoms with Crippen molar-refractivity contribution < 1.29 is 14.3 Å². The Bertz CT molecular complexity index is 499. The molecule has 0 bridgehead atoms. The van der Waals surface area contributed by atoms with Crippen LogP contribution in [0, 0.1) is 0 Å². The summed E-state index contributed by atoms with van der Waals surface area (Å²) >= 11 is 0. The van der Waals surface area contributed by atoms with Crippen LogP contribution in [-0.4, -0.2) is 25.5 Å². The second-order valence-corrected chi connectivity index (χ2v) is 4.61. The molecule has 5 nitrogen and oxygen atoms in total. The zero-order chi connectivity index (χ0) is 13.8. The van der Waals surface area contributed by atoms with Crippen molar-refractivity contribution in [3.05, 3.63) is 23.8 Å². The number of nitrogens with zero attached hydrogens (tertiary/aromatic N) is 1. The Morgan fingerprint density at radius 2 is 2.21 bits per heavy atom. The SMILES string of the molecule is COC(=O)CCCN1C(=O)CCc2cc(N)ccc21. The van der Waals surface area contributed by atoms with Crippen LogP contribution in [0.4, 0.5) is 11.4 Å². The summed E-state index contributed by atoms with van der Waals surface area (Å²) in [6, 6.07) is 5.58. The van der Waals surface area contributed by atoms with Crippen molar-refractivity contribution >= 4 is 23.3 Å². The lowest BCUT2D eigenvalue weighted by molar-refractivity contribution is -0.140. The molecular formula is C14H18N2O3. The molecule has 0 saturated carbocycles. The van der Waals surface area contributed by atoms with E-state index < -0.39 is 0 Å². The fourth-order valence-electron chi connectivity index (χ4n) is 2.31. The summed E-state index contributed by atoms with van der Waals surface area (Å²) in [5, 5.41) is 0. The van der Waals surface area contributed by atoms with Crippen LogP contribution in [0.5, 0.6) is 0 Å². The van der Waals surface area contributed by atoms with Gasteiger partial charge in [0.1, 0.15) is 0 Å². The highest BCUT2D eigenvalue weighted by atomic mass is 16.5. The number of esters is 1. The Morgan fingerprint density at radius 3 is 2.95 bits per heavy atom. The topological polar surface area (TPSA) is 72.6 Å². The van der Waals surface area contributed by atoms with Gasteiger partial charge >= 0.3 is 5.97 Å². The molecule has 102 valence electrons. The predicted octanol–water partition coefficient (Wildman–Crippen LogP) is 1.50. The number of benzene rings is 1. The smallest absolute Gasteiger partial charge is 0.305 e. The van der Waals surface area contributed by atoms with E-state index in [-0.39, 0.29) is 11.9 Å². The van der Waals surface area contributed by atoms with Crippen molar-refractivity contribution in [2.75, 3.05) is 24.3 Å². The number of aryl methyl sites for hydroxylation is 1. The molecular weight excluding hydrogens is 244 g/mol. The summed E-state index contributed by atoms with van der Waals surface area (Å²) in [5.74, 6) is -0.149. The minimum absolute atomic E-state index is 0.0992. The Hall–Kier alpha value is -2.04. The van der Waals surface area contributed by atoms with E-state index in [1.54, 1.807) is 11.0 Å². The minimum atomic E-state index is -0.248. The molecule has 1 aromatic rings. The van der Waals surface area contributed by atoms with Crippen LogP contribution in [0.25, 0.3) is 0 Å². The summed E-state index contributed by atoms with van der Waals surface area (Å²) < 4.78 is 4.59. The largest absolute Gasteiger partial charge is 0.469 e. The molecule has 5 heteroatoms. The molecule has 0 unspecified atom stereocenters. The summed E-state index contributed by atoms with van der Waals surface area (Å²) in [6.07, 6.45) is 2.15. The second kappa shape index (κ2) is 5.73. The summed E-state index contributed by atoms with van der Waals surface area (Å²) in [6.45, 7) is 0.533. The quantitative estimate of drug-likeness (QED) is 0.659. The van der Waals surface area contributed by atoms with E-state index in [9.17, 15) is 9.59 Å². The molecule has 0 radical (unpaired) electrons. The number of rotatable bonds is 4. The number of fused-ring (bicyclic) bond motifs is 1. The summed E-state index contributed by atoms with van der Waals surface area (Å²) in [5.41, 5.74) is 8.47. The molecule has 2 rings (SSSR count). The van der Waals surface area contributed by atoms with Gasteiger partial charge in [-0.3, -0.25) is 9.59 Å². The second-order valence-electron chi connectivity index (χ2n) is 4.61. The highest BCUT2D eigenvalue weighted by Gasteiger charge is 2.23. The fourth-order valence-corrected chi connectivity index (χ4v) is 2.31. The molecule has 0 atom stereocenters. The first-order chi connectivity index (χ1) is 9.11. The molecule has 1 amide bonds. The van der Waals surface area contributed by atoms with Gasteiger partial charge in [-0.15, -0.1) is 0 Å². The van der Waals surface area contributed by atoms with E-state index in [1.807, 2.05) is 12.1 Å². The Kier molecular flexibility index (Phi) is 4.04. The lowest BCUT2D eigenvalue weighted by Crippen LogP contribution is -2.36. The molecule has 2 N–H and O–H groups in total. The zero-order valence-corrected chi connectivity index (χ0v) is 11.0. The third-order valence-corrected chi connectivity index (χ3v) is 3.29. The number of carbonyl (C=O) groups is 2. The van der Waals surface area contributed by atoms with Crippen molar-refractivity contribution in [3.8, 4) is 0 Å². The van der Waals surface area contributed by atoms with Crippen LogP contribution in [0.2, 0.25) is 0 Å². The maximum Gasteiger partial charge on any atom is 0.305 e. The van der Waals surface area contributed by atoms with Crippen molar-refractivity contribution in [1.82, 2.24) is 0 Å². The molecule has 1 heterocycles. The monoisotopic (exact) mass is 262 g/mol. The summed E-state index contributed by atoms with van der Waals surface area (Å²) in [7, 11) is 1.37. The van der Waals surface area contributed by atoms with E-state index in [4.69, 9.17) is 5.73 Å². The Balaban J connectivity index is 2.08. The van der Waals surface area contributed by atoms with Gasteiger partial charge in [0.2, 0.25) is 5.91 Å². The molecule has 1 aromatic carbocycles. The highest BCUT2D eigenvalue weighted by molar-refractivity contribution is 5.96. The maximum atomic E-state index is 12.0. The van der Waals surface area contributed by atoms with Gasteiger partial charge in [-0.25, -0.2) is 0 Å². The zero-order valence-electron chi connectivity index (χ0n) is 11.0. The first-order valence-corrected chi connectivity index (χ1v) is 6.37. The average Bonchev–Trinajstić information content (AvgIpc) is 2.41. The number of nitrogens with two attached hydrogens (primary N) is 1. The lowest BCUT2D eigenvalue weighted by atomic mass is 10.00. The minimum Gasteiger partial charge on any atom is -0.469 e. The number of amides is 1. The predicted molar refractivity (Wildman–Crippen MR) is 72.8 cm³/mol. The molecule has 0 aliphatic carbocycles. The van der Waals surface area contributed by atoms with Gasteiger partial charge in [0.05, 0.1) is 7.11 Å². The van der Waals surface area contributed by atoms with Gasteiger partial charge in [0.25, 0.3) is 0 Å². The maximum absolute atomic E-state index is 12.0. The number of ether oxygens (including phenoxy) is 1. The van der Waals surface area contributed by atoms with Crippen LogP contribution >= 0.6 is 0 Å². The van der Waals surface area contributed by atoms with E-state index >= 15 is 0 Å². The van der Waals surface area contributed by atoms with Crippen molar-refractivity contribution in [1.29, 1.82) is 0 Å². The molecule has 0 spiro atoms. The van der Waals surface area contributed by atoms with Crippen molar-refractivity contribution in [2.45, 2.75) is 25.7 Å². The van der Waals surface area contributed by atoms with Gasteiger partial charge in [-0.1, -0.05) is 0 Å². The number of carbonyl (C=O) groups excluding carboxylic acids is 2. The van der Waals surface area contributed by atoms with E-state index in [2.05, 4.69) is 4.74 Å². The van der Waals surface area contributed by atoms with Crippen LogP contribution in [-0.2, 0) is 20.7 Å². The van der Waals surface area contributed by atoms with Crippen LogP contribution in [0.3, 0.4) is 0 Å². The van der Waals surface area contributed by atoms with Crippen LogP contribution < -0.4 is 10.6 Å². The van der Waals surface area contributed by atoms with Gasteiger partial charge < -0.3 is 15.4 Å². The van der Waals surface area contributed by atoms with Crippen molar-refractivity contribution in [2.24, 2.45) is 0 Å². The van der Waals surface area contributed by atoms with Gasteiger partial charge in [0.15, 0.2) is 0 Å². The Labute approximate surface area is 112 Å². The number of anilines is 2. The first-order valence-electron chi connectivity index (χ1n) is 6.37. The van der Waals surface area contributed by atoms with E-state index in [0.29, 0.717) is 31.5 Å². The van der Waals surface area contributed by atoms with E-state index in [1.165, 1.54) is 7.11 Å². The molecule has 0 saturated heterocycles. The Morgan fingerprint density at radius 1 is 1.42 bits per heavy atom. The third kappa shape index (κ3) is 3.05. The number of nitrogen functional groups attached to an aromatic ring is 1. The third-order valence-electron chi connectivity index (χ3n) is 3.29. The first kappa shape index (κ1) is 13.4.